The van der Waals surface area contributed by atoms with Gasteiger partial charge in [0.25, 0.3) is 0 Å². The normalized spacial score (nSPS) is 15.4. The molecule has 1 heterocycles. The van der Waals surface area contributed by atoms with Gasteiger partial charge >= 0.3 is 0 Å². The zero-order valence-corrected chi connectivity index (χ0v) is 14.0. The zero-order chi connectivity index (χ0) is 15.3. The highest BCUT2D eigenvalue weighted by Gasteiger charge is 2.33. The van der Waals surface area contributed by atoms with Gasteiger partial charge in [-0.1, -0.05) is 20.3 Å². The van der Waals surface area contributed by atoms with Crippen LogP contribution in [0.5, 0.6) is 0 Å². The molecule has 0 amide bonds. The number of nitrogens with one attached hydrogen (secondary N) is 1. The monoisotopic (exact) mass is 291 g/mol. The minimum atomic E-state index is -0.356. The van der Waals surface area contributed by atoms with E-state index in [0.717, 1.165) is 43.9 Å². The number of aryl methyl sites for hydroxylation is 1. The van der Waals surface area contributed by atoms with Gasteiger partial charge in [0.2, 0.25) is 0 Å². The van der Waals surface area contributed by atoms with Gasteiger partial charge in [-0.15, -0.1) is 0 Å². The van der Waals surface area contributed by atoms with Gasteiger partial charge in [0.1, 0.15) is 11.4 Å². The first-order valence-corrected chi connectivity index (χ1v) is 8.40. The number of hydrogen-bond acceptors (Lipinski definition) is 4. The highest BCUT2D eigenvalue weighted by molar-refractivity contribution is 5.48. The van der Waals surface area contributed by atoms with Gasteiger partial charge in [-0.05, 0) is 45.4 Å². The number of hydrogen-bond donors (Lipinski definition) is 1. The third-order valence-corrected chi connectivity index (χ3v) is 4.72. The molecule has 0 saturated heterocycles. The Morgan fingerprint density at radius 2 is 1.76 bits per heavy atom. The van der Waals surface area contributed by atoms with Crippen molar-refractivity contribution in [3.63, 3.8) is 0 Å². The van der Waals surface area contributed by atoms with Crippen LogP contribution in [0.3, 0.4) is 0 Å². The fourth-order valence-electron chi connectivity index (χ4n) is 3.23. The van der Waals surface area contributed by atoms with Crippen LogP contribution in [0.1, 0.15) is 70.0 Å². The minimum absolute atomic E-state index is 0.356. The lowest BCUT2D eigenvalue weighted by molar-refractivity contribution is -0.0292. The van der Waals surface area contributed by atoms with Crippen molar-refractivity contribution in [2.24, 2.45) is 0 Å². The SMILES string of the molecule is CCNc1nc(C(CC)(CC)OC)nc2c1CCCCC2. The van der Waals surface area contributed by atoms with Crippen LogP contribution in [-0.4, -0.2) is 23.6 Å². The Labute approximate surface area is 128 Å². The van der Waals surface area contributed by atoms with E-state index in [1.165, 1.54) is 30.5 Å². The van der Waals surface area contributed by atoms with Gasteiger partial charge in [0.15, 0.2) is 5.82 Å². The Morgan fingerprint density at radius 3 is 2.38 bits per heavy atom. The molecule has 1 N–H and O–H groups in total. The van der Waals surface area contributed by atoms with Crippen LogP contribution < -0.4 is 5.32 Å². The van der Waals surface area contributed by atoms with E-state index in [0.29, 0.717) is 0 Å². The van der Waals surface area contributed by atoms with E-state index >= 15 is 0 Å². The maximum absolute atomic E-state index is 5.82. The first kappa shape index (κ1) is 16.2. The molecule has 1 aliphatic rings. The molecule has 0 aromatic carbocycles. The Hall–Kier alpha value is -1.16. The Morgan fingerprint density at radius 1 is 1.05 bits per heavy atom. The molecule has 0 aliphatic heterocycles. The highest BCUT2D eigenvalue weighted by atomic mass is 16.5. The molecule has 0 unspecified atom stereocenters. The molecule has 4 heteroatoms. The van der Waals surface area contributed by atoms with Crippen LogP contribution in [0.25, 0.3) is 0 Å². The molecule has 2 rings (SSSR count). The van der Waals surface area contributed by atoms with Crippen LogP contribution in [0, 0.1) is 0 Å². The lowest BCUT2D eigenvalue weighted by atomic mass is 9.95. The fraction of sp³-hybridized carbons (Fsp3) is 0.765. The molecule has 0 atom stereocenters. The molecule has 0 fully saturated rings. The van der Waals surface area contributed by atoms with Crippen LogP contribution in [-0.2, 0) is 23.2 Å². The van der Waals surface area contributed by atoms with Crippen molar-refractivity contribution in [1.29, 1.82) is 0 Å². The third-order valence-electron chi connectivity index (χ3n) is 4.72. The molecular weight excluding hydrogens is 262 g/mol. The number of fused-ring (bicyclic) bond motifs is 1. The third kappa shape index (κ3) is 3.20. The fourth-order valence-corrected chi connectivity index (χ4v) is 3.23. The van der Waals surface area contributed by atoms with Crippen molar-refractivity contribution in [3.05, 3.63) is 17.1 Å². The van der Waals surface area contributed by atoms with Crippen LogP contribution >= 0.6 is 0 Å². The summed E-state index contributed by atoms with van der Waals surface area (Å²) in [5, 5.41) is 3.44. The second kappa shape index (κ2) is 7.21. The molecule has 0 spiro atoms. The zero-order valence-electron chi connectivity index (χ0n) is 14.0. The smallest absolute Gasteiger partial charge is 0.162 e. The standard InChI is InChI=1S/C17H29N3O/c1-5-17(6-2,21-4)16-19-14-12-10-8-9-11-13(14)15(20-16)18-7-3/h5-12H2,1-4H3,(H,18,19,20). The molecule has 118 valence electrons. The molecule has 1 aromatic rings. The average Bonchev–Trinajstić information content (AvgIpc) is 2.75. The lowest BCUT2D eigenvalue weighted by Gasteiger charge is -2.30. The summed E-state index contributed by atoms with van der Waals surface area (Å²) in [6.07, 6.45) is 7.70. The van der Waals surface area contributed by atoms with E-state index < -0.39 is 0 Å². The predicted octanol–water partition coefficient (Wildman–Crippen LogP) is 3.84. The lowest BCUT2D eigenvalue weighted by Crippen LogP contribution is -2.30. The number of methoxy groups -OCH3 is 1. The van der Waals surface area contributed by atoms with Gasteiger partial charge in [-0.2, -0.15) is 0 Å². The van der Waals surface area contributed by atoms with Gasteiger partial charge in [-0.3, -0.25) is 0 Å². The Bertz CT molecular complexity index is 461. The topological polar surface area (TPSA) is 47.0 Å². The van der Waals surface area contributed by atoms with E-state index in [-0.39, 0.29) is 5.60 Å². The van der Waals surface area contributed by atoms with Crippen LogP contribution in [0.15, 0.2) is 0 Å². The maximum atomic E-state index is 5.82. The van der Waals surface area contributed by atoms with E-state index in [1.54, 1.807) is 7.11 Å². The van der Waals surface area contributed by atoms with E-state index in [9.17, 15) is 0 Å². The van der Waals surface area contributed by atoms with Gasteiger partial charge in [0.05, 0.1) is 0 Å². The molecule has 21 heavy (non-hydrogen) atoms. The number of ether oxygens (including phenoxy) is 1. The predicted molar refractivity (Wildman–Crippen MR) is 86.7 cm³/mol. The molecule has 0 saturated carbocycles. The number of nitrogens with zero attached hydrogens (tertiary/aromatic N) is 2. The van der Waals surface area contributed by atoms with E-state index in [1.807, 2.05) is 0 Å². The second-order valence-electron chi connectivity index (χ2n) is 5.82. The highest BCUT2D eigenvalue weighted by Crippen LogP contribution is 2.33. The van der Waals surface area contributed by atoms with Gasteiger partial charge < -0.3 is 10.1 Å². The molecular formula is C17H29N3O. The summed E-state index contributed by atoms with van der Waals surface area (Å²) in [7, 11) is 1.77. The van der Waals surface area contributed by atoms with Crippen molar-refractivity contribution in [2.45, 2.75) is 71.3 Å². The average molecular weight is 291 g/mol. The maximum Gasteiger partial charge on any atom is 0.162 e. The Kier molecular flexibility index (Phi) is 5.57. The largest absolute Gasteiger partial charge is 0.370 e. The summed E-state index contributed by atoms with van der Waals surface area (Å²) in [5.41, 5.74) is 2.21. The van der Waals surface area contributed by atoms with E-state index in [2.05, 4.69) is 26.1 Å². The van der Waals surface area contributed by atoms with E-state index in [4.69, 9.17) is 14.7 Å². The Balaban J connectivity index is 2.52. The molecule has 0 bridgehead atoms. The van der Waals surface area contributed by atoms with Crippen molar-refractivity contribution in [1.82, 2.24) is 9.97 Å². The summed E-state index contributed by atoms with van der Waals surface area (Å²) in [6, 6.07) is 0. The van der Waals surface area contributed by atoms with Crippen molar-refractivity contribution < 1.29 is 4.74 Å². The number of aromatic nitrogens is 2. The first-order chi connectivity index (χ1) is 10.2. The van der Waals surface area contributed by atoms with Crippen LogP contribution in [0.4, 0.5) is 5.82 Å². The molecule has 1 aliphatic carbocycles. The molecule has 4 nitrogen and oxygen atoms in total. The minimum Gasteiger partial charge on any atom is -0.370 e. The van der Waals surface area contributed by atoms with Gasteiger partial charge in [-0.25, -0.2) is 9.97 Å². The quantitative estimate of drug-likeness (QED) is 0.809. The van der Waals surface area contributed by atoms with Crippen LogP contribution in [0.2, 0.25) is 0 Å². The van der Waals surface area contributed by atoms with Crippen molar-refractivity contribution in [2.75, 3.05) is 19.0 Å². The summed E-state index contributed by atoms with van der Waals surface area (Å²) in [4.78, 5) is 9.78. The number of rotatable bonds is 6. The van der Waals surface area contributed by atoms with Gasteiger partial charge in [0, 0.05) is 24.9 Å². The van der Waals surface area contributed by atoms with Crippen molar-refractivity contribution in [3.8, 4) is 0 Å². The molecule has 0 radical (unpaired) electrons. The summed E-state index contributed by atoms with van der Waals surface area (Å²) in [6.45, 7) is 7.30. The summed E-state index contributed by atoms with van der Waals surface area (Å²) >= 11 is 0. The van der Waals surface area contributed by atoms with Crippen molar-refractivity contribution >= 4 is 5.82 Å². The number of anilines is 1. The molecule has 1 aromatic heterocycles. The summed E-state index contributed by atoms with van der Waals surface area (Å²) < 4.78 is 5.82. The summed E-state index contributed by atoms with van der Waals surface area (Å²) in [5.74, 6) is 1.88. The second-order valence-corrected chi connectivity index (χ2v) is 5.82. The first-order valence-electron chi connectivity index (χ1n) is 8.40.